The SMILES string of the molecule is CNC(c1ccc(Br)s1)C1(C(=O)OC)COC1. The van der Waals surface area contributed by atoms with Gasteiger partial charge in [0.25, 0.3) is 0 Å². The predicted octanol–water partition coefficient (Wildman–Crippen LogP) is 1.96. The summed E-state index contributed by atoms with van der Waals surface area (Å²) in [5.41, 5.74) is -0.589. The number of esters is 1. The molecule has 0 radical (unpaired) electrons. The maximum atomic E-state index is 11.9. The second-order valence-electron chi connectivity index (χ2n) is 4.00. The van der Waals surface area contributed by atoms with Crippen molar-refractivity contribution < 1.29 is 14.3 Å². The van der Waals surface area contributed by atoms with Gasteiger partial charge >= 0.3 is 5.97 Å². The molecule has 1 aromatic rings. The lowest BCUT2D eigenvalue weighted by Gasteiger charge is -2.43. The number of thiophene rings is 1. The lowest BCUT2D eigenvalue weighted by Crippen LogP contribution is -2.56. The Morgan fingerprint density at radius 1 is 1.65 bits per heavy atom. The molecule has 1 aliphatic heterocycles. The molecule has 1 atom stereocenters. The summed E-state index contributed by atoms with van der Waals surface area (Å²) < 4.78 is 11.2. The van der Waals surface area contributed by atoms with Crippen LogP contribution in [-0.4, -0.2) is 33.3 Å². The zero-order valence-electron chi connectivity index (χ0n) is 9.66. The third-order valence-corrected chi connectivity index (χ3v) is 4.72. The molecule has 0 saturated carbocycles. The Hall–Kier alpha value is -0.430. The van der Waals surface area contributed by atoms with Gasteiger partial charge in [0.15, 0.2) is 0 Å². The van der Waals surface area contributed by atoms with Crippen molar-refractivity contribution in [2.75, 3.05) is 27.4 Å². The smallest absolute Gasteiger partial charge is 0.318 e. The van der Waals surface area contributed by atoms with Crippen LogP contribution in [0.4, 0.5) is 0 Å². The highest BCUT2D eigenvalue weighted by Crippen LogP contribution is 2.44. The van der Waals surface area contributed by atoms with E-state index in [1.165, 1.54) is 7.11 Å². The predicted molar refractivity (Wildman–Crippen MR) is 69.1 cm³/mol. The molecule has 1 N–H and O–H groups in total. The van der Waals surface area contributed by atoms with E-state index in [2.05, 4.69) is 21.2 Å². The van der Waals surface area contributed by atoms with Crippen LogP contribution in [-0.2, 0) is 14.3 Å². The van der Waals surface area contributed by atoms with E-state index in [9.17, 15) is 4.79 Å². The van der Waals surface area contributed by atoms with Crippen molar-refractivity contribution in [3.8, 4) is 0 Å². The first-order valence-electron chi connectivity index (χ1n) is 5.22. The minimum Gasteiger partial charge on any atom is -0.468 e. The molecular formula is C11H14BrNO3S. The molecule has 6 heteroatoms. The van der Waals surface area contributed by atoms with E-state index in [-0.39, 0.29) is 12.0 Å². The molecule has 0 spiro atoms. The second kappa shape index (κ2) is 5.06. The number of hydrogen-bond acceptors (Lipinski definition) is 5. The minimum absolute atomic E-state index is 0.0694. The van der Waals surface area contributed by atoms with Crippen molar-refractivity contribution in [3.63, 3.8) is 0 Å². The molecule has 1 saturated heterocycles. The summed E-state index contributed by atoms with van der Waals surface area (Å²) in [7, 11) is 3.26. The lowest BCUT2D eigenvalue weighted by atomic mass is 9.77. The van der Waals surface area contributed by atoms with E-state index in [1.807, 2.05) is 19.2 Å². The molecule has 0 aliphatic carbocycles. The summed E-state index contributed by atoms with van der Waals surface area (Å²) in [6.45, 7) is 0.807. The Balaban J connectivity index is 2.31. The Labute approximate surface area is 112 Å². The van der Waals surface area contributed by atoms with Crippen molar-refractivity contribution >= 4 is 33.2 Å². The molecule has 0 bridgehead atoms. The minimum atomic E-state index is -0.589. The Morgan fingerprint density at radius 2 is 2.35 bits per heavy atom. The monoisotopic (exact) mass is 319 g/mol. The largest absolute Gasteiger partial charge is 0.468 e. The van der Waals surface area contributed by atoms with Gasteiger partial charge in [-0.25, -0.2) is 0 Å². The standard InChI is InChI=1S/C11H14BrNO3S/c1-13-9(7-3-4-8(12)17-7)11(5-16-6-11)10(14)15-2/h3-4,9,13H,5-6H2,1-2H3. The van der Waals surface area contributed by atoms with Crippen LogP contribution in [0.1, 0.15) is 10.9 Å². The van der Waals surface area contributed by atoms with E-state index in [0.29, 0.717) is 13.2 Å². The molecule has 4 nitrogen and oxygen atoms in total. The number of methoxy groups -OCH3 is 1. The van der Waals surface area contributed by atoms with Crippen LogP contribution < -0.4 is 5.32 Å². The van der Waals surface area contributed by atoms with Crippen LogP contribution in [0.5, 0.6) is 0 Å². The molecule has 17 heavy (non-hydrogen) atoms. The van der Waals surface area contributed by atoms with Crippen molar-refractivity contribution in [1.29, 1.82) is 0 Å². The fourth-order valence-corrected chi connectivity index (χ4v) is 3.75. The van der Waals surface area contributed by atoms with Crippen LogP contribution >= 0.6 is 27.3 Å². The van der Waals surface area contributed by atoms with Crippen molar-refractivity contribution in [2.24, 2.45) is 5.41 Å². The number of carbonyl (C=O) groups is 1. The molecule has 1 fully saturated rings. The summed E-state index contributed by atoms with van der Waals surface area (Å²) in [5.74, 6) is -0.215. The van der Waals surface area contributed by atoms with Crippen LogP contribution in [0, 0.1) is 5.41 Å². The summed E-state index contributed by atoms with van der Waals surface area (Å²) in [4.78, 5) is 13.1. The van der Waals surface area contributed by atoms with E-state index >= 15 is 0 Å². The third kappa shape index (κ3) is 2.14. The van der Waals surface area contributed by atoms with Gasteiger partial charge in [0.05, 0.1) is 30.2 Å². The molecule has 1 aromatic heterocycles. The molecular weight excluding hydrogens is 306 g/mol. The first kappa shape index (κ1) is 13.0. The van der Waals surface area contributed by atoms with Crippen LogP contribution in [0.25, 0.3) is 0 Å². The average molecular weight is 320 g/mol. The zero-order valence-corrected chi connectivity index (χ0v) is 12.1. The highest BCUT2D eigenvalue weighted by molar-refractivity contribution is 9.11. The van der Waals surface area contributed by atoms with Gasteiger partial charge in [-0.05, 0) is 35.1 Å². The highest BCUT2D eigenvalue weighted by Gasteiger charge is 2.53. The van der Waals surface area contributed by atoms with Crippen molar-refractivity contribution in [3.05, 3.63) is 20.8 Å². The first-order valence-corrected chi connectivity index (χ1v) is 6.83. The Bertz CT molecular complexity index is 417. The molecule has 0 amide bonds. The van der Waals surface area contributed by atoms with Gasteiger partial charge in [-0.15, -0.1) is 11.3 Å². The zero-order chi connectivity index (χ0) is 12.5. The summed E-state index contributed by atoms with van der Waals surface area (Å²) >= 11 is 5.05. The number of hydrogen-bond donors (Lipinski definition) is 1. The fraction of sp³-hybridized carbons (Fsp3) is 0.545. The molecule has 2 heterocycles. The van der Waals surface area contributed by atoms with E-state index in [0.717, 1.165) is 8.66 Å². The molecule has 2 rings (SSSR count). The Kier molecular flexibility index (Phi) is 3.87. The van der Waals surface area contributed by atoms with E-state index < -0.39 is 5.41 Å². The molecule has 94 valence electrons. The van der Waals surface area contributed by atoms with E-state index in [1.54, 1.807) is 11.3 Å². The molecule has 1 unspecified atom stereocenters. The summed E-state index contributed by atoms with van der Waals surface area (Å²) in [6.07, 6.45) is 0. The molecule has 1 aliphatic rings. The third-order valence-electron chi connectivity index (χ3n) is 3.03. The lowest BCUT2D eigenvalue weighted by molar-refractivity contribution is -0.189. The number of rotatable bonds is 4. The van der Waals surface area contributed by atoms with Gasteiger partial charge in [-0.1, -0.05) is 0 Å². The normalized spacial score (nSPS) is 19.5. The van der Waals surface area contributed by atoms with Gasteiger partial charge in [-0.2, -0.15) is 0 Å². The number of ether oxygens (including phenoxy) is 2. The van der Waals surface area contributed by atoms with Gasteiger partial charge in [0.2, 0.25) is 0 Å². The summed E-state index contributed by atoms with van der Waals surface area (Å²) in [5, 5.41) is 3.20. The quantitative estimate of drug-likeness (QED) is 0.862. The van der Waals surface area contributed by atoms with Crippen LogP contribution in [0.3, 0.4) is 0 Å². The van der Waals surface area contributed by atoms with E-state index in [4.69, 9.17) is 9.47 Å². The number of nitrogens with one attached hydrogen (secondary N) is 1. The fourth-order valence-electron chi connectivity index (χ4n) is 2.10. The maximum Gasteiger partial charge on any atom is 0.318 e. The van der Waals surface area contributed by atoms with Crippen molar-refractivity contribution in [2.45, 2.75) is 6.04 Å². The number of halogens is 1. The highest BCUT2D eigenvalue weighted by atomic mass is 79.9. The average Bonchev–Trinajstić information content (AvgIpc) is 2.68. The van der Waals surface area contributed by atoms with Crippen LogP contribution in [0.15, 0.2) is 15.9 Å². The van der Waals surface area contributed by atoms with Gasteiger partial charge in [0.1, 0.15) is 5.41 Å². The number of carbonyl (C=O) groups excluding carboxylic acids is 1. The van der Waals surface area contributed by atoms with Crippen molar-refractivity contribution in [1.82, 2.24) is 5.32 Å². The second-order valence-corrected chi connectivity index (χ2v) is 6.50. The Morgan fingerprint density at radius 3 is 2.71 bits per heavy atom. The summed E-state index contributed by atoms with van der Waals surface area (Å²) in [6, 6.07) is 3.92. The maximum absolute atomic E-state index is 11.9. The van der Waals surface area contributed by atoms with Gasteiger partial charge in [-0.3, -0.25) is 4.79 Å². The first-order chi connectivity index (χ1) is 8.14. The van der Waals surface area contributed by atoms with Gasteiger partial charge in [0, 0.05) is 4.88 Å². The van der Waals surface area contributed by atoms with Gasteiger partial charge < -0.3 is 14.8 Å². The van der Waals surface area contributed by atoms with Crippen LogP contribution in [0.2, 0.25) is 0 Å². The molecule has 0 aromatic carbocycles. The topological polar surface area (TPSA) is 47.6 Å².